The zero-order valence-corrected chi connectivity index (χ0v) is 17.2. The zero-order chi connectivity index (χ0) is 18.4. The number of rotatable bonds is 3. The Balaban J connectivity index is 1.71. The van der Waals surface area contributed by atoms with Gasteiger partial charge in [-0.05, 0) is 42.8 Å². The van der Waals surface area contributed by atoms with Gasteiger partial charge in [-0.1, -0.05) is 58.4 Å². The van der Waals surface area contributed by atoms with E-state index in [1.54, 1.807) is 11.3 Å². The highest BCUT2D eigenvalue weighted by molar-refractivity contribution is 9.10. The molecule has 2 nitrogen and oxygen atoms in total. The molecule has 0 unspecified atom stereocenters. The molecule has 0 aliphatic carbocycles. The third kappa shape index (κ3) is 2.89. The number of hydrogen-bond acceptors (Lipinski definition) is 2. The van der Waals surface area contributed by atoms with Gasteiger partial charge in [-0.2, -0.15) is 0 Å². The van der Waals surface area contributed by atoms with Gasteiger partial charge in [-0.3, -0.25) is 0 Å². The molecule has 2 aromatic heterocycles. The normalized spacial score (nSPS) is 11.5. The lowest BCUT2D eigenvalue weighted by Crippen LogP contribution is -2.01. The molecule has 5 rings (SSSR count). The first kappa shape index (κ1) is 16.7. The second-order valence-corrected chi connectivity index (χ2v) is 8.62. The molecule has 0 aliphatic heterocycles. The Kier molecular flexibility index (Phi) is 4.10. The van der Waals surface area contributed by atoms with Gasteiger partial charge in [0.05, 0.1) is 10.2 Å². The molecule has 0 fully saturated rings. The quantitative estimate of drug-likeness (QED) is 0.299. The Morgan fingerprint density at radius 1 is 0.926 bits per heavy atom. The summed E-state index contributed by atoms with van der Waals surface area (Å²) in [5.41, 5.74) is 6.13. The summed E-state index contributed by atoms with van der Waals surface area (Å²) in [6, 6.07) is 25.6. The highest BCUT2D eigenvalue weighted by Crippen LogP contribution is 2.38. The highest BCUT2D eigenvalue weighted by atomic mass is 79.9. The van der Waals surface area contributed by atoms with Gasteiger partial charge >= 0.3 is 0 Å². The van der Waals surface area contributed by atoms with Crippen molar-refractivity contribution in [2.75, 3.05) is 0 Å². The molecular weight excluding hydrogens is 416 g/mol. The van der Waals surface area contributed by atoms with Crippen LogP contribution < -0.4 is 0 Å². The number of fused-ring (bicyclic) bond motifs is 2. The van der Waals surface area contributed by atoms with E-state index in [1.165, 1.54) is 32.4 Å². The first-order valence-electron chi connectivity index (χ1n) is 8.89. The van der Waals surface area contributed by atoms with Crippen LogP contribution in [0, 0.1) is 6.92 Å². The lowest BCUT2D eigenvalue weighted by Gasteiger charge is -2.09. The predicted octanol–water partition coefficient (Wildman–Crippen LogP) is 7.04. The molecule has 0 atom stereocenters. The summed E-state index contributed by atoms with van der Waals surface area (Å²) in [4.78, 5) is 4.92. The van der Waals surface area contributed by atoms with Crippen molar-refractivity contribution in [3.63, 3.8) is 0 Å². The Morgan fingerprint density at radius 3 is 2.48 bits per heavy atom. The van der Waals surface area contributed by atoms with Gasteiger partial charge in [0, 0.05) is 33.2 Å². The molecule has 3 aromatic carbocycles. The average Bonchev–Trinajstić information content (AvgIpc) is 3.22. The summed E-state index contributed by atoms with van der Waals surface area (Å²) in [5.74, 6) is 0. The summed E-state index contributed by atoms with van der Waals surface area (Å²) >= 11 is 5.29. The maximum atomic E-state index is 4.92. The molecule has 0 N–H and O–H groups in total. The molecule has 0 spiro atoms. The summed E-state index contributed by atoms with van der Waals surface area (Å²) < 4.78 is 4.74. The monoisotopic (exact) mass is 432 g/mol. The summed E-state index contributed by atoms with van der Waals surface area (Å²) in [5, 5.41) is 2.37. The van der Waals surface area contributed by atoms with E-state index >= 15 is 0 Å². The van der Waals surface area contributed by atoms with Crippen molar-refractivity contribution in [3.05, 3.63) is 88.5 Å². The van der Waals surface area contributed by atoms with Crippen molar-refractivity contribution in [1.29, 1.82) is 0 Å². The van der Waals surface area contributed by atoms with Gasteiger partial charge in [0.2, 0.25) is 0 Å². The van der Waals surface area contributed by atoms with E-state index in [4.69, 9.17) is 4.98 Å². The number of aromatic nitrogens is 2. The van der Waals surface area contributed by atoms with Gasteiger partial charge in [0.25, 0.3) is 0 Å². The Hall–Kier alpha value is -2.43. The van der Waals surface area contributed by atoms with Crippen molar-refractivity contribution in [1.82, 2.24) is 9.55 Å². The van der Waals surface area contributed by atoms with Crippen LogP contribution in [-0.4, -0.2) is 9.55 Å². The number of halogens is 1. The van der Waals surface area contributed by atoms with Crippen LogP contribution in [0.15, 0.2) is 77.3 Å². The van der Waals surface area contributed by atoms with E-state index in [2.05, 4.69) is 100 Å². The standard InChI is InChI=1S/C23H17BrN2S/c1-15-22(23-25-19-7-3-5-9-21(19)27-23)18-6-2-4-8-20(18)26(15)14-16-10-12-17(24)13-11-16/h2-13H,14H2,1H3. The molecule has 5 aromatic rings. The Bertz CT molecular complexity index is 1230. The fourth-order valence-electron chi connectivity index (χ4n) is 3.66. The Morgan fingerprint density at radius 2 is 1.67 bits per heavy atom. The van der Waals surface area contributed by atoms with Crippen LogP contribution >= 0.6 is 27.3 Å². The first-order chi connectivity index (χ1) is 13.2. The number of para-hydroxylation sites is 2. The summed E-state index contributed by atoms with van der Waals surface area (Å²) in [6.45, 7) is 3.06. The van der Waals surface area contributed by atoms with Gasteiger partial charge < -0.3 is 4.57 Å². The van der Waals surface area contributed by atoms with Crippen LogP contribution in [0.2, 0.25) is 0 Å². The molecular formula is C23H17BrN2S. The molecule has 2 heterocycles. The number of nitrogens with zero attached hydrogens (tertiary/aromatic N) is 2. The number of hydrogen-bond donors (Lipinski definition) is 0. The maximum absolute atomic E-state index is 4.92. The predicted molar refractivity (Wildman–Crippen MR) is 119 cm³/mol. The Labute approximate surface area is 170 Å². The van der Waals surface area contributed by atoms with Crippen molar-refractivity contribution >= 4 is 48.4 Å². The molecule has 27 heavy (non-hydrogen) atoms. The largest absolute Gasteiger partial charge is 0.340 e. The van der Waals surface area contributed by atoms with Crippen LogP contribution in [0.25, 0.3) is 31.7 Å². The summed E-state index contributed by atoms with van der Waals surface area (Å²) in [7, 11) is 0. The van der Waals surface area contributed by atoms with E-state index in [9.17, 15) is 0 Å². The second-order valence-electron chi connectivity index (χ2n) is 6.68. The lowest BCUT2D eigenvalue weighted by atomic mass is 10.1. The van der Waals surface area contributed by atoms with Crippen molar-refractivity contribution < 1.29 is 0 Å². The summed E-state index contributed by atoms with van der Waals surface area (Å²) in [6.07, 6.45) is 0. The van der Waals surface area contributed by atoms with E-state index < -0.39 is 0 Å². The SMILES string of the molecule is Cc1c(-c2nc3ccccc3s2)c2ccccc2n1Cc1ccc(Br)cc1. The van der Waals surface area contributed by atoms with Crippen LogP contribution in [-0.2, 0) is 6.54 Å². The third-order valence-electron chi connectivity index (χ3n) is 4.99. The molecule has 132 valence electrons. The zero-order valence-electron chi connectivity index (χ0n) is 14.8. The minimum Gasteiger partial charge on any atom is -0.340 e. The second kappa shape index (κ2) is 6.63. The van der Waals surface area contributed by atoms with E-state index in [-0.39, 0.29) is 0 Å². The van der Waals surface area contributed by atoms with E-state index in [0.29, 0.717) is 0 Å². The molecule has 0 aliphatic rings. The maximum Gasteiger partial charge on any atom is 0.127 e. The molecule has 0 radical (unpaired) electrons. The molecule has 0 saturated carbocycles. The lowest BCUT2D eigenvalue weighted by molar-refractivity contribution is 0.806. The minimum absolute atomic E-state index is 0.852. The van der Waals surface area contributed by atoms with Gasteiger partial charge in [-0.25, -0.2) is 4.98 Å². The van der Waals surface area contributed by atoms with Gasteiger partial charge in [-0.15, -0.1) is 11.3 Å². The fourth-order valence-corrected chi connectivity index (χ4v) is 5.00. The molecule has 4 heteroatoms. The molecule has 0 amide bonds. The topological polar surface area (TPSA) is 17.8 Å². The molecule has 0 saturated heterocycles. The number of thiazole rings is 1. The smallest absolute Gasteiger partial charge is 0.127 e. The third-order valence-corrected chi connectivity index (χ3v) is 6.58. The van der Waals surface area contributed by atoms with Crippen LogP contribution in [0.5, 0.6) is 0 Å². The van der Waals surface area contributed by atoms with Crippen LogP contribution in [0.1, 0.15) is 11.3 Å². The first-order valence-corrected chi connectivity index (χ1v) is 10.5. The fraction of sp³-hybridized carbons (Fsp3) is 0.0870. The van der Waals surface area contributed by atoms with Crippen molar-refractivity contribution in [3.8, 4) is 10.6 Å². The van der Waals surface area contributed by atoms with Crippen LogP contribution in [0.4, 0.5) is 0 Å². The minimum atomic E-state index is 0.852. The highest BCUT2D eigenvalue weighted by Gasteiger charge is 2.18. The number of benzene rings is 3. The average molecular weight is 433 g/mol. The molecule has 0 bridgehead atoms. The van der Waals surface area contributed by atoms with Crippen molar-refractivity contribution in [2.45, 2.75) is 13.5 Å². The van der Waals surface area contributed by atoms with Gasteiger partial charge in [0.1, 0.15) is 5.01 Å². The van der Waals surface area contributed by atoms with E-state index in [1.807, 2.05) is 0 Å². The van der Waals surface area contributed by atoms with Gasteiger partial charge in [0.15, 0.2) is 0 Å². The van der Waals surface area contributed by atoms with Crippen LogP contribution in [0.3, 0.4) is 0 Å². The van der Waals surface area contributed by atoms with E-state index in [0.717, 1.165) is 21.5 Å². The van der Waals surface area contributed by atoms with Crippen molar-refractivity contribution in [2.24, 2.45) is 0 Å².